The van der Waals surface area contributed by atoms with Crippen LogP contribution in [0.5, 0.6) is 0 Å². The Morgan fingerprint density at radius 3 is 2.36 bits per heavy atom. The van der Waals surface area contributed by atoms with E-state index in [1.165, 1.54) is 12.0 Å². The van der Waals surface area contributed by atoms with E-state index in [-0.39, 0.29) is 0 Å². The van der Waals surface area contributed by atoms with Crippen molar-refractivity contribution in [2.75, 3.05) is 26.2 Å². The van der Waals surface area contributed by atoms with Crippen LogP contribution in [0.15, 0.2) is 12.2 Å². The molecule has 0 saturated carbocycles. The van der Waals surface area contributed by atoms with E-state index in [0.29, 0.717) is 6.04 Å². The lowest BCUT2D eigenvalue weighted by molar-refractivity contribution is 0.213. The first-order valence-corrected chi connectivity index (χ1v) is 5.74. The van der Waals surface area contributed by atoms with Gasteiger partial charge in [0, 0.05) is 19.1 Å². The summed E-state index contributed by atoms with van der Waals surface area (Å²) in [4.78, 5) is 2.49. The minimum absolute atomic E-state index is 0.650. The molecule has 1 N–H and O–H groups in total. The molecule has 2 heteroatoms. The molecule has 0 amide bonds. The van der Waals surface area contributed by atoms with E-state index < -0.39 is 0 Å². The predicted molar refractivity (Wildman–Crippen MR) is 64.7 cm³/mol. The topological polar surface area (TPSA) is 15.3 Å². The van der Waals surface area contributed by atoms with Crippen molar-refractivity contribution in [1.82, 2.24) is 10.2 Å². The second-order valence-electron chi connectivity index (χ2n) is 3.89. The lowest BCUT2D eigenvalue weighted by atomic mass is 10.1. The molecule has 0 saturated heterocycles. The fourth-order valence-corrected chi connectivity index (χ4v) is 1.69. The zero-order valence-corrected chi connectivity index (χ0v) is 10.3. The summed E-state index contributed by atoms with van der Waals surface area (Å²) in [6.07, 6.45) is 1.20. The highest BCUT2D eigenvalue weighted by Crippen LogP contribution is 2.05. The van der Waals surface area contributed by atoms with E-state index in [4.69, 9.17) is 0 Å². The normalized spacial score (nSPS) is 13.2. The van der Waals surface area contributed by atoms with Gasteiger partial charge in [0.2, 0.25) is 0 Å². The van der Waals surface area contributed by atoms with Crippen molar-refractivity contribution in [2.24, 2.45) is 0 Å². The van der Waals surface area contributed by atoms with E-state index in [1.54, 1.807) is 0 Å². The van der Waals surface area contributed by atoms with Gasteiger partial charge in [0.15, 0.2) is 0 Å². The van der Waals surface area contributed by atoms with Crippen molar-refractivity contribution in [3.8, 4) is 0 Å². The molecule has 0 rings (SSSR count). The van der Waals surface area contributed by atoms with Crippen molar-refractivity contribution in [1.29, 1.82) is 0 Å². The summed E-state index contributed by atoms with van der Waals surface area (Å²) in [7, 11) is 0. The van der Waals surface area contributed by atoms with Crippen molar-refractivity contribution < 1.29 is 0 Å². The van der Waals surface area contributed by atoms with Gasteiger partial charge < -0.3 is 5.32 Å². The summed E-state index contributed by atoms with van der Waals surface area (Å²) >= 11 is 0. The Balaban J connectivity index is 4.06. The maximum absolute atomic E-state index is 3.98. The van der Waals surface area contributed by atoms with Crippen molar-refractivity contribution in [3.05, 3.63) is 12.2 Å². The number of rotatable bonds is 8. The quantitative estimate of drug-likeness (QED) is 0.602. The number of nitrogens with zero attached hydrogens (tertiary/aromatic N) is 1. The third kappa shape index (κ3) is 5.40. The number of nitrogens with one attached hydrogen (secondary N) is 1. The van der Waals surface area contributed by atoms with Crippen LogP contribution in [0, 0.1) is 0 Å². The average molecular weight is 198 g/mol. The Hall–Kier alpha value is -0.340. The van der Waals surface area contributed by atoms with Crippen LogP contribution in [0.2, 0.25) is 0 Å². The van der Waals surface area contributed by atoms with Crippen molar-refractivity contribution >= 4 is 0 Å². The summed E-state index contributed by atoms with van der Waals surface area (Å²) in [6, 6.07) is 0.650. The Labute approximate surface area is 89.4 Å². The van der Waals surface area contributed by atoms with Gasteiger partial charge in [-0.2, -0.15) is 0 Å². The fourth-order valence-electron chi connectivity index (χ4n) is 1.69. The van der Waals surface area contributed by atoms with Crippen LogP contribution < -0.4 is 5.32 Å². The molecule has 0 aromatic carbocycles. The molecule has 0 aliphatic heterocycles. The smallest absolute Gasteiger partial charge is 0.0221 e. The maximum atomic E-state index is 3.98. The van der Waals surface area contributed by atoms with Gasteiger partial charge in [0.1, 0.15) is 0 Å². The molecular weight excluding hydrogens is 172 g/mol. The number of hydrogen-bond acceptors (Lipinski definition) is 2. The van der Waals surface area contributed by atoms with Gasteiger partial charge in [0.05, 0.1) is 0 Å². The van der Waals surface area contributed by atoms with Gasteiger partial charge in [-0.15, -0.1) is 0 Å². The van der Waals surface area contributed by atoms with E-state index in [2.05, 4.69) is 44.5 Å². The predicted octanol–water partition coefficient (Wildman–Crippen LogP) is 2.27. The SMILES string of the molecule is C=C(C)CN(CC)C(CC)CNCC. The van der Waals surface area contributed by atoms with Crippen LogP contribution in [-0.2, 0) is 0 Å². The van der Waals surface area contributed by atoms with E-state index in [1.807, 2.05) is 0 Å². The van der Waals surface area contributed by atoms with Crippen LogP contribution in [-0.4, -0.2) is 37.1 Å². The molecule has 0 bridgehead atoms. The summed E-state index contributed by atoms with van der Waals surface area (Å²) in [5.41, 5.74) is 1.25. The second kappa shape index (κ2) is 8.01. The molecule has 0 aliphatic rings. The van der Waals surface area contributed by atoms with Crippen molar-refractivity contribution in [3.63, 3.8) is 0 Å². The second-order valence-corrected chi connectivity index (χ2v) is 3.89. The van der Waals surface area contributed by atoms with E-state index in [0.717, 1.165) is 26.2 Å². The van der Waals surface area contributed by atoms with Gasteiger partial charge in [-0.05, 0) is 26.4 Å². The van der Waals surface area contributed by atoms with Crippen LogP contribution in [0.4, 0.5) is 0 Å². The molecule has 0 fully saturated rings. The van der Waals surface area contributed by atoms with Gasteiger partial charge in [-0.3, -0.25) is 4.90 Å². The molecule has 0 radical (unpaired) electrons. The molecule has 84 valence electrons. The van der Waals surface area contributed by atoms with E-state index >= 15 is 0 Å². The van der Waals surface area contributed by atoms with Gasteiger partial charge in [0.25, 0.3) is 0 Å². The number of hydrogen-bond donors (Lipinski definition) is 1. The Bertz CT molecular complexity index is 154. The minimum atomic E-state index is 0.650. The number of likely N-dealkylation sites (N-methyl/N-ethyl adjacent to an activating group) is 2. The summed E-state index contributed by atoms with van der Waals surface area (Å²) in [5, 5.41) is 3.42. The molecule has 0 aliphatic carbocycles. The first kappa shape index (κ1) is 13.7. The molecule has 0 aromatic rings. The first-order chi connectivity index (χ1) is 6.65. The summed E-state index contributed by atoms with van der Waals surface area (Å²) < 4.78 is 0. The zero-order chi connectivity index (χ0) is 11.0. The monoisotopic (exact) mass is 198 g/mol. The Morgan fingerprint density at radius 2 is 2.00 bits per heavy atom. The molecule has 0 heterocycles. The van der Waals surface area contributed by atoms with Crippen LogP contribution >= 0.6 is 0 Å². The fraction of sp³-hybridized carbons (Fsp3) is 0.833. The third-order valence-corrected chi connectivity index (χ3v) is 2.50. The minimum Gasteiger partial charge on any atom is -0.315 e. The van der Waals surface area contributed by atoms with Crippen LogP contribution in [0.25, 0.3) is 0 Å². The highest BCUT2D eigenvalue weighted by molar-refractivity contribution is 4.93. The van der Waals surface area contributed by atoms with Gasteiger partial charge >= 0.3 is 0 Å². The van der Waals surface area contributed by atoms with Crippen LogP contribution in [0.3, 0.4) is 0 Å². The molecular formula is C12H26N2. The van der Waals surface area contributed by atoms with Gasteiger partial charge in [-0.25, -0.2) is 0 Å². The molecule has 2 nitrogen and oxygen atoms in total. The Kier molecular flexibility index (Phi) is 7.81. The third-order valence-electron chi connectivity index (χ3n) is 2.50. The Morgan fingerprint density at radius 1 is 1.36 bits per heavy atom. The highest BCUT2D eigenvalue weighted by atomic mass is 15.2. The van der Waals surface area contributed by atoms with E-state index in [9.17, 15) is 0 Å². The van der Waals surface area contributed by atoms with Crippen LogP contribution in [0.1, 0.15) is 34.1 Å². The first-order valence-electron chi connectivity index (χ1n) is 5.74. The van der Waals surface area contributed by atoms with Crippen molar-refractivity contribution in [2.45, 2.75) is 40.2 Å². The zero-order valence-electron chi connectivity index (χ0n) is 10.3. The molecule has 14 heavy (non-hydrogen) atoms. The molecule has 1 atom stereocenters. The summed E-state index contributed by atoms with van der Waals surface area (Å²) in [5.74, 6) is 0. The average Bonchev–Trinajstić information content (AvgIpc) is 2.16. The standard InChI is InChI=1S/C12H26N2/c1-6-12(9-13-7-2)14(8-3)10-11(4)5/h12-13H,4,6-10H2,1-3,5H3. The lowest BCUT2D eigenvalue weighted by Crippen LogP contribution is -2.42. The maximum Gasteiger partial charge on any atom is 0.0221 e. The highest BCUT2D eigenvalue weighted by Gasteiger charge is 2.13. The molecule has 1 unspecified atom stereocenters. The van der Waals surface area contributed by atoms with Gasteiger partial charge in [-0.1, -0.05) is 32.9 Å². The largest absolute Gasteiger partial charge is 0.315 e. The molecule has 0 spiro atoms. The lowest BCUT2D eigenvalue weighted by Gasteiger charge is -2.30. The summed E-state index contributed by atoms with van der Waals surface area (Å²) in [6.45, 7) is 17.0. The molecule has 0 aromatic heterocycles.